The quantitative estimate of drug-likeness (QED) is 0.279. The summed E-state index contributed by atoms with van der Waals surface area (Å²) in [6.45, 7) is 0. The summed E-state index contributed by atoms with van der Waals surface area (Å²) in [7, 11) is 1.34. The van der Waals surface area contributed by atoms with Crippen LogP contribution in [0, 0.1) is 0 Å². The molecule has 0 aliphatic rings. The fraction of sp³-hybridized carbons (Fsp3) is 0.0370. The predicted octanol–water partition coefficient (Wildman–Crippen LogP) is 4.99. The van der Waals surface area contributed by atoms with Gasteiger partial charge in [-0.1, -0.05) is 54.6 Å². The third-order valence-electron chi connectivity index (χ3n) is 5.30. The molecule has 2 aromatic heterocycles. The zero-order chi connectivity index (χ0) is 23.5. The van der Waals surface area contributed by atoms with Gasteiger partial charge < -0.3 is 9.15 Å². The first-order chi connectivity index (χ1) is 16.6. The molecule has 0 amide bonds. The number of aromatic nitrogens is 2. The minimum atomic E-state index is -0.400. The first-order valence-corrected chi connectivity index (χ1v) is 10.5. The molecule has 3 aromatic carbocycles. The molecular formula is C27H19N3O4. The lowest BCUT2D eigenvalue weighted by atomic mass is 10.1. The Labute approximate surface area is 194 Å². The zero-order valence-electron chi connectivity index (χ0n) is 18.2. The Bertz CT molecular complexity index is 1570. The second-order valence-corrected chi connectivity index (χ2v) is 7.45. The highest BCUT2D eigenvalue weighted by Crippen LogP contribution is 2.23. The number of esters is 1. The molecule has 0 unspecified atom stereocenters. The smallest absolute Gasteiger partial charge is 0.337 e. The minimum absolute atomic E-state index is 0.272. The largest absolute Gasteiger partial charge is 0.465 e. The third kappa shape index (κ3) is 4.02. The third-order valence-corrected chi connectivity index (χ3v) is 5.30. The molecule has 0 aliphatic heterocycles. The van der Waals surface area contributed by atoms with Crippen molar-refractivity contribution in [1.82, 2.24) is 9.66 Å². The summed E-state index contributed by atoms with van der Waals surface area (Å²) in [4.78, 5) is 29.5. The maximum Gasteiger partial charge on any atom is 0.337 e. The fourth-order valence-corrected chi connectivity index (χ4v) is 3.59. The second kappa shape index (κ2) is 8.99. The van der Waals surface area contributed by atoms with Crippen LogP contribution in [0.25, 0.3) is 33.6 Å². The molecule has 0 atom stereocenters. The molecule has 0 saturated carbocycles. The Kier molecular flexibility index (Phi) is 5.58. The van der Waals surface area contributed by atoms with Crippen molar-refractivity contribution in [2.75, 3.05) is 7.11 Å². The minimum Gasteiger partial charge on any atom is -0.465 e. The number of nitrogens with zero attached hydrogens (tertiary/aromatic N) is 3. The van der Waals surface area contributed by atoms with Crippen LogP contribution >= 0.6 is 0 Å². The van der Waals surface area contributed by atoms with Crippen molar-refractivity contribution in [2.24, 2.45) is 5.10 Å². The van der Waals surface area contributed by atoms with Crippen LogP contribution in [-0.4, -0.2) is 29.0 Å². The first-order valence-electron chi connectivity index (χ1n) is 10.5. The van der Waals surface area contributed by atoms with Crippen LogP contribution in [0.5, 0.6) is 0 Å². The lowest BCUT2D eigenvalue weighted by Crippen LogP contribution is -2.20. The highest BCUT2D eigenvalue weighted by Gasteiger charge is 2.12. The van der Waals surface area contributed by atoms with E-state index < -0.39 is 5.97 Å². The van der Waals surface area contributed by atoms with E-state index in [2.05, 4.69) is 10.1 Å². The molecule has 7 heteroatoms. The summed E-state index contributed by atoms with van der Waals surface area (Å²) < 4.78 is 11.9. The summed E-state index contributed by atoms with van der Waals surface area (Å²) in [5.41, 5.74) is 2.35. The van der Waals surface area contributed by atoms with E-state index in [-0.39, 0.29) is 5.56 Å². The topological polar surface area (TPSA) is 86.7 Å². The van der Waals surface area contributed by atoms with E-state index >= 15 is 0 Å². The number of ether oxygens (including phenoxy) is 1. The van der Waals surface area contributed by atoms with E-state index in [0.29, 0.717) is 33.8 Å². The maximum atomic E-state index is 13.2. The van der Waals surface area contributed by atoms with Crippen molar-refractivity contribution >= 4 is 23.1 Å². The molecular weight excluding hydrogens is 430 g/mol. The maximum absolute atomic E-state index is 13.2. The first kappa shape index (κ1) is 21.1. The van der Waals surface area contributed by atoms with E-state index in [1.807, 2.05) is 42.5 Å². The molecule has 0 N–H and O–H groups in total. The summed E-state index contributed by atoms with van der Waals surface area (Å²) in [5.74, 6) is 1.10. The van der Waals surface area contributed by atoms with Gasteiger partial charge in [-0.2, -0.15) is 9.78 Å². The number of furan rings is 1. The number of carbonyl (C=O) groups is 1. The molecule has 0 fully saturated rings. The van der Waals surface area contributed by atoms with Crippen molar-refractivity contribution in [2.45, 2.75) is 0 Å². The number of fused-ring (bicyclic) bond motifs is 1. The summed E-state index contributed by atoms with van der Waals surface area (Å²) in [6, 6.07) is 27.1. The van der Waals surface area contributed by atoms with Gasteiger partial charge >= 0.3 is 5.97 Å². The number of carbonyl (C=O) groups excluding carboxylic acids is 1. The van der Waals surface area contributed by atoms with Gasteiger partial charge in [-0.25, -0.2) is 9.78 Å². The van der Waals surface area contributed by atoms with Gasteiger partial charge in [0.25, 0.3) is 5.56 Å². The van der Waals surface area contributed by atoms with E-state index in [1.54, 1.807) is 48.5 Å². The van der Waals surface area contributed by atoms with E-state index in [4.69, 9.17) is 9.15 Å². The molecule has 5 rings (SSSR count). The van der Waals surface area contributed by atoms with Gasteiger partial charge in [0.15, 0.2) is 5.82 Å². The zero-order valence-corrected chi connectivity index (χ0v) is 18.2. The number of methoxy groups -OCH3 is 1. The van der Waals surface area contributed by atoms with Crippen LogP contribution < -0.4 is 5.56 Å². The molecule has 5 aromatic rings. The Morgan fingerprint density at radius 3 is 2.41 bits per heavy atom. The monoisotopic (exact) mass is 449 g/mol. The van der Waals surface area contributed by atoms with Crippen LogP contribution in [0.15, 0.2) is 105 Å². The molecule has 7 nitrogen and oxygen atoms in total. The normalized spacial score (nSPS) is 11.2. The van der Waals surface area contributed by atoms with Gasteiger partial charge in [0, 0.05) is 11.1 Å². The molecule has 0 aliphatic carbocycles. The SMILES string of the molecule is COC(=O)c1ccc(-c2ccc(C=Nn3c(-c4ccccc4)nc4ccccc4c3=O)o2)cc1. The molecule has 0 saturated heterocycles. The molecule has 166 valence electrons. The Morgan fingerprint density at radius 2 is 1.65 bits per heavy atom. The van der Waals surface area contributed by atoms with Crippen LogP contribution in [-0.2, 0) is 4.74 Å². The second-order valence-electron chi connectivity index (χ2n) is 7.45. The molecule has 0 bridgehead atoms. The van der Waals surface area contributed by atoms with Crippen molar-refractivity contribution in [3.8, 4) is 22.7 Å². The molecule has 34 heavy (non-hydrogen) atoms. The average molecular weight is 449 g/mol. The lowest BCUT2D eigenvalue weighted by molar-refractivity contribution is 0.0600. The van der Waals surface area contributed by atoms with Crippen LogP contribution in [0.3, 0.4) is 0 Å². The summed E-state index contributed by atoms with van der Waals surface area (Å²) in [6.07, 6.45) is 1.48. The molecule has 2 heterocycles. The molecule has 0 radical (unpaired) electrons. The van der Waals surface area contributed by atoms with Crippen LogP contribution in [0.1, 0.15) is 16.1 Å². The van der Waals surface area contributed by atoms with Gasteiger partial charge in [-0.05, 0) is 36.4 Å². The van der Waals surface area contributed by atoms with Crippen molar-refractivity contribution in [3.05, 3.63) is 113 Å². The van der Waals surface area contributed by atoms with Crippen LogP contribution in [0.2, 0.25) is 0 Å². The highest BCUT2D eigenvalue weighted by atomic mass is 16.5. The van der Waals surface area contributed by atoms with Gasteiger partial charge in [-0.15, -0.1) is 0 Å². The van der Waals surface area contributed by atoms with Gasteiger partial charge in [0.05, 0.1) is 29.8 Å². The predicted molar refractivity (Wildman–Crippen MR) is 130 cm³/mol. The Balaban J connectivity index is 1.52. The van der Waals surface area contributed by atoms with E-state index in [0.717, 1.165) is 11.1 Å². The Hall–Kier alpha value is -4.78. The number of hydrogen-bond donors (Lipinski definition) is 0. The fourth-order valence-electron chi connectivity index (χ4n) is 3.59. The van der Waals surface area contributed by atoms with E-state index in [9.17, 15) is 9.59 Å². The van der Waals surface area contributed by atoms with Gasteiger partial charge in [0.2, 0.25) is 0 Å². The number of rotatable bonds is 5. The summed E-state index contributed by atoms with van der Waals surface area (Å²) in [5, 5.41) is 4.90. The standard InChI is InChI=1S/C27H19N3O4/c1-33-27(32)20-13-11-18(12-14-20)24-16-15-21(34-24)17-28-30-25(19-7-3-2-4-8-19)29-23-10-6-5-9-22(23)26(30)31/h2-17H,1H3. The number of hydrogen-bond acceptors (Lipinski definition) is 6. The van der Waals surface area contributed by atoms with Gasteiger partial charge in [-0.3, -0.25) is 4.79 Å². The molecule has 0 spiro atoms. The van der Waals surface area contributed by atoms with Crippen molar-refractivity contribution in [1.29, 1.82) is 0 Å². The highest BCUT2D eigenvalue weighted by molar-refractivity contribution is 5.90. The van der Waals surface area contributed by atoms with E-state index in [1.165, 1.54) is 18.0 Å². The Morgan fingerprint density at radius 1 is 0.912 bits per heavy atom. The number of benzene rings is 3. The lowest BCUT2D eigenvalue weighted by Gasteiger charge is -2.09. The number of para-hydroxylation sites is 1. The average Bonchev–Trinajstić information content (AvgIpc) is 3.37. The van der Waals surface area contributed by atoms with Gasteiger partial charge in [0.1, 0.15) is 11.5 Å². The van der Waals surface area contributed by atoms with Crippen LogP contribution in [0.4, 0.5) is 0 Å². The van der Waals surface area contributed by atoms with Crippen molar-refractivity contribution < 1.29 is 13.9 Å². The summed E-state index contributed by atoms with van der Waals surface area (Å²) >= 11 is 0. The van der Waals surface area contributed by atoms with Crippen molar-refractivity contribution in [3.63, 3.8) is 0 Å².